The molecule has 0 bridgehead atoms. The number of ether oxygens (including phenoxy) is 2. The van der Waals surface area contributed by atoms with Gasteiger partial charge in [0.05, 0.1) is 36.7 Å². The quantitative estimate of drug-likeness (QED) is 0.387. The molecular formula is C25H34F2N5O5Y-. The van der Waals surface area contributed by atoms with E-state index >= 15 is 0 Å². The first-order valence-electron chi connectivity index (χ1n) is 11.9. The van der Waals surface area contributed by atoms with Crippen molar-refractivity contribution in [1.82, 2.24) is 10.2 Å². The van der Waals surface area contributed by atoms with Gasteiger partial charge in [0.2, 0.25) is 0 Å². The number of methoxy groups -OCH3 is 1. The Hall–Kier alpha value is -1.99. The number of carbonyl (C=O) groups excluding carboxylic acids is 1. The zero-order valence-electron chi connectivity index (χ0n) is 22.6. The first kappa shape index (κ1) is 32.2. The van der Waals surface area contributed by atoms with Crippen molar-refractivity contribution in [2.75, 3.05) is 49.8 Å². The Balaban J connectivity index is 0.000000774. The van der Waals surface area contributed by atoms with Gasteiger partial charge in [-0.05, 0) is 59.4 Å². The summed E-state index contributed by atoms with van der Waals surface area (Å²) in [6, 6.07) is 6.19. The fourth-order valence-corrected chi connectivity index (χ4v) is 4.10. The molecule has 1 saturated heterocycles. The Morgan fingerprint density at radius 3 is 2.55 bits per heavy atom. The molecule has 38 heavy (non-hydrogen) atoms. The SMILES string of the molecule is CC(C)OO.COc1c(F)cccc1-c1cc2c(nn1)N(C(=O)OC(C)(C)C)CC1(CF)C[N-]CCN21.[Y]. The predicted octanol–water partition coefficient (Wildman–Crippen LogP) is 4.83. The van der Waals surface area contributed by atoms with Gasteiger partial charge in [0.15, 0.2) is 17.4 Å². The van der Waals surface area contributed by atoms with Crippen LogP contribution in [0.3, 0.4) is 0 Å². The van der Waals surface area contributed by atoms with Crippen LogP contribution in [-0.4, -0.2) is 78.8 Å². The Morgan fingerprint density at radius 2 is 1.97 bits per heavy atom. The first-order chi connectivity index (χ1) is 17.5. The van der Waals surface area contributed by atoms with Crippen LogP contribution in [-0.2, 0) is 42.3 Å². The molecule has 0 saturated carbocycles. The first-order valence-corrected chi connectivity index (χ1v) is 11.9. The zero-order valence-corrected chi connectivity index (χ0v) is 25.4. The van der Waals surface area contributed by atoms with Crippen molar-refractivity contribution >= 4 is 17.6 Å². The van der Waals surface area contributed by atoms with E-state index in [1.54, 1.807) is 52.8 Å². The minimum absolute atomic E-state index is 0. The van der Waals surface area contributed by atoms with Crippen LogP contribution in [0.1, 0.15) is 34.6 Å². The summed E-state index contributed by atoms with van der Waals surface area (Å²) in [5, 5.41) is 20.6. The molecule has 3 heterocycles. The number of benzene rings is 1. The van der Waals surface area contributed by atoms with Gasteiger partial charge in [0.1, 0.15) is 12.3 Å². The Bertz CT molecular complexity index is 1100. The molecule has 2 aromatic rings. The van der Waals surface area contributed by atoms with Gasteiger partial charge >= 0.3 is 6.09 Å². The Morgan fingerprint density at radius 1 is 1.29 bits per heavy atom. The molecule has 1 unspecified atom stereocenters. The molecule has 13 heteroatoms. The van der Waals surface area contributed by atoms with E-state index in [0.717, 1.165) is 0 Å². The number of rotatable bonds is 4. The number of aromatic nitrogens is 2. The molecule has 1 amide bonds. The van der Waals surface area contributed by atoms with Crippen LogP contribution < -0.4 is 14.5 Å². The van der Waals surface area contributed by atoms with E-state index in [4.69, 9.17) is 14.7 Å². The summed E-state index contributed by atoms with van der Waals surface area (Å²) in [6.07, 6.45) is -0.697. The summed E-state index contributed by atoms with van der Waals surface area (Å²) in [6.45, 7) is 9.31. The third-order valence-electron chi connectivity index (χ3n) is 5.73. The van der Waals surface area contributed by atoms with E-state index in [-0.39, 0.29) is 63.5 Å². The number of carbonyl (C=O) groups is 1. The van der Waals surface area contributed by atoms with E-state index in [1.807, 2.05) is 4.90 Å². The van der Waals surface area contributed by atoms with Crippen molar-refractivity contribution < 1.29 is 65.9 Å². The van der Waals surface area contributed by atoms with Crippen molar-refractivity contribution in [1.29, 1.82) is 0 Å². The molecular weight excluding hydrogens is 577 g/mol. The maximum Gasteiger partial charge on any atom is 0.416 e. The molecule has 1 atom stereocenters. The molecule has 4 rings (SSSR count). The number of anilines is 2. The number of piperazine rings is 1. The maximum atomic E-state index is 14.5. The maximum absolute atomic E-state index is 14.5. The molecule has 1 radical (unpaired) electrons. The minimum atomic E-state index is -1.03. The fourth-order valence-electron chi connectivity index (χ4n) is 4.10. The molecule has 207 valence electrons. The third-order valence-corrected chi connectivity index (χ3v) is 5.73. The van der Waals surface area contributed by atoms with Gasteiger partial charge in [0, 0.05) is 38.3 Å². The number of hydrogen-bond donors (Lipinski definition) is 1. The predicted molar refractivity (Wildman–Crippen MR) is 136 cm³/mol. The van der Waals surface area contributed by atoms with Crippen molar-refractivity contribution in [2.24, 2.45) is 0 Å². The summed E-state index contributed by atoms with van der Waals surface area (Å²) in [7, 11) is 1.37. The Kier molecular flexibility index (Phi) is 11.4. The summed E-state index contributed by atoms with van der Waals surface area (Å²) in [5.74, 6) is -0.230. The van der Waals surface area contributed by atoms with E-state index in [0.29, 0.717) is 30.0 Å². The second-order valence-corrected chi connectivity index (χ2v) is 10.1. The van der Waals surface area contributed by atoms with Crippen molar-refractivity contribution in [3.05, 3.63) is 35.4 Å². The van der Waals surface area contributed by atoms with Gasteiger partial charge in [-0.2, -0.15) is 0 Å². The van der Waals surface area contributed by atoms with E-state index < -0.39 is 29.7 Å². The number of nitrogens with zero attached hydrogens (tertiary/aromatic N) is 5. The van der Waals surface area contributed by atoms with Crippen LogP contribution in [0.25, 0.3) is 16.6 Å². The van der Waals surface area contributed by atoms with E-state index in [1.165, 1.54) is 18.1 Å². The molecule has 1 aromatic carbocycles. The fraction of sp³-hybridized carbons (Fsp3) is 0.560. The average Bonchev–Trinajstić information content (AvgIpc) is 2.87. The standard InChI is InChI=1S/C22H26F2N5O3.C3H8O2.Y/c1-21(2,3)32-20(30)28-13-22(11-23)12-25-8-9-29(22)17-10-16(26-27-19(17)28)14-6-5-7-15(24)18(14)31-4;1-3(2)5-4;/h5-7,10H,8-9,11-13H2,1-4H3;3-4H,1-2H3;/q-1;;. The monoisotopic (exact) mass is 611 g/mol. The summed E-state index contributed by atoms with van der Waals surface area (Å²) in [5.41, 5.74) is -0.498. The Labute approximate surface area is 246 Å². The van der Waals surface area contributed by atoms with Gasteiger partial charge in [-0.3, -0.25) is 10.2 Å². The average molecular weight is 611 g/mol. The molecule has 1 aromatic heterocycles. The smallest absolute Gasteiger partial charge is 0.416 e. The normalized spacial score (nSPS) is 18.5. The number of alkyl halides is 1. The topological polar surface area (TPSA) is 111 Å². The van der Waals surface area contributed by atoms with E-state index in [2.05, 4.69) is 20.4 Å². The largest absolute Gasteiger partial charge is 0.659 e. The minimum Gasteiger partial charge on any atom is -0.659 e. The number of amides is 1. The summed E-state index contributed by atoms with van der Waals surface area (Å²) < 4.78 is 39.5. The molecule has 0 spiro atoms. The van der Waals surface area contributed by atoms with Crippen LogP contribution in [0, 0.1) is 5.82 Å². The summed E-state index contributed by atoms with van der Waals surface area (Å²) in [4.78, 5) is 20.0. The van der Waals surface area contributed by atoms with Gasteiger partial charge in [0.25, 0.3) is 0 Å². The van der Waals surface area contributed by atoms with Gasteiger partial charge in [-0.1, -0.05) is 6.07 Å². The molecule has 2 aliphatic heterocycles. The molecule has 2 aliphatic rings. The number of hydrogen-bond acceptors (Lipinski definition) is 8. The molecule has 10 nitrogen and oxygen atoms in total. The van der Waals surface area contributed by atoms with E-state index in [9.17, 15) is 13.6 Å². The zero-order chi connectivity index (χ0) is 27.4. The third kappa shape index (κ3) is 7.15. The van der Waals surface area contributed by atoms with Crippen LogP contribution in [0.5, 0.6) is 5.75 Å². The van der Waals surface area contributed by atoms with Gasteiger partial charge in [-0.15, -0.1) is 23.3 Å². The molecule has 1 N–H and O–H groups in total. The number of halogens is 2. The van der Waals surface area contributed by atoms with Gasteiger partial charge < -0.3 is 19.7 Å². The van der Waals surface area contributed by atoms with Gasteiger partial charge in [-0.25, -0.2) is 18.5 Å². The van der Waals surface area contributed by atoms with Crippen molar-refractivity contribution in [3.8, 4) is 17.0 Å². The summed E-state index contributed by atoms with van der Waals surface area (Å²) >= 11 is 0. The van der Waals surface area contributed by atoms with Crippen molar-refractivity contribution in [3.63, 3.8) is 0 Å². The molecule has 1 fully saturated rings. The van der Waals surface area contributed by atoms with Crippen LogP contribution in [0.2, 0.25) is 0 Å². The second kappa shape index (κ2) is 13.4. The second-order valence-electron chi connectivity index (χ2n) is 10.1. The van der Waals surface area contributed by atoms with Crippen LogP contribution in [0.15, 0.2) is 24.3 Å². The van der Waals surface area contributed by atoms with Crippen LogP contribution >= 0.6 is 0 Å². The van der Waals surface area contributed by atoms with Crippen molar-refractivity contribution in [2.45, 2.75) is 51.9 Å². The molecule has 0 aliphatic carbocycles. The number of fused-ring (bicyclic) bond motifs is 3. The number of para-hydroxylation sites is 1. The van der Waals surface area contributed by atoms with Crippen LogP contribution in [0.4, 0.5) is 25.1 Å².